The molecule has 2 rings (SSSR count). The molecule has 1 aromatic carbocycles. The van der Waals surface area contributed by atoms with Gasteiger partial charge in [0, 0.05) is 5.56 Å². The number of nitrogens with one attached hydrogen (secondary N) is 1. The van der Waals surface area contributed by atoms with Crippen LogP contribution in [0, 0.1) is 0 Å². The van der Waals surface area contributed by atoms with Gasteiger partial charge in [-0.05, 0) is 39.0 Å². The highest BCUT2D eigenvalue weighted by Gasteiger charge is 2.32. The predicted octanol–water partition coefficient (Wildman–Crippen LogP) is 1.72. The fourth-order valence-electron chi connectivity index (χ4n) is 2.26. The molecule has 1 aliphatic rings. The lowest BCUT2D eigenvalue weighted by Crippen LogP contribution is -2.36. The fraction of sp³-hybridized carbons (Fsp3) is 0.438. The predicted molar refractivity (Wildman–Crippen MR) is 79.1 cm³/mol. The molecule has 0 saturated carbocycles. The van der Waals surface area contributed by atoms with Crippen LogP contribution in [0.4, 0.5) is 0 Å². The lowest BCUT2D eigenvalue weighted by molar-refractivity contribution is -0.141. The van der Waals surface area contributed by atoms with Crippen molar-refractivity contribution in [2.45, 2.75) is 32.8 Å². The van der Waals surface area contributed by atoms with Crippen LogP contribution in [0.1, 0.15) is 47.9 Å². The van der Waals surface area contributed by atoms with Crippen LogP contribution in [0.25, 0.3) is 0 Å². The average molecular weight is 305 g/mol. The topological polar surface area (TPSA) is 81.7 Å². The minimum absolute atomic E-state index is 0.0636. The molecule has 1 aromatic rings. The zero-order valence-corrected chi connectivity index (χ0v) is 12.9. The Kier molecular flexibility index (Phi) is 4.49. The van der Waals surface area contributed by atoms with Gasteiger partial charge in [0.25, 0.3) is 5.91 Å². The number of ketones is 1. The molecule has 0 atom stereocenters. The quantitative estimate of drug-likeness (QED) is 0.857. The molecule has 22 heavy (non-hydrogen) atoms. The fourth-order valence-corrected chi connectivity index (χ4v) is 2.26. The number of hydrogen-bond acceptors (Lipinski definition) is 5. The van der Waals surface area contributed by atoms with Crippen LogP contribution < -0.4 is 10.1 Å². The maximum Gasteiger partial charge on any atom is 0.325 e. The number of carbonyl (C=O) groups excluding carboxylic acids is 3. The van der Waals surface area contributed by atoms with Crippen LogP contribution in [-0.4, -0.2) is 36.4 Å². The first-order chi connectivity index (χ1) is 10.3. The van der Waals surface area contributed by atoms with E-state index >= 15 is 0 Å². The Labute approximate surface area is 128 Å². The molecule has 1 heterocycles. The van der Waals surface area contributed by atoms with Crippen LogP contribution in [0.3, 0.4) is 0 Å². The van der Waals surface area contributed by atoms with Gasteiger partial charge in [-0.15, -0.1) is 0 Å². The Morgan fingerprint density at radius 3 is 2.77 bits per heavy atom. The summed E-state index contributed by atoms with van der Waals surface area (Å²) in [5.74, 6) is -0.530. The minimum Gasteiger partial charge on any atom is -0.487 e. The first-order valence-corrected chi connectivity index (χ1v) is 7.12. The summed E-state index contributed by atoms with van der Waals surface area (Å²) in [6.07, 6.45) is 0.258. The van der Waals surface area contributed by atoms with Gasteiger partial charge in [0.2, 0.25) is 0 Å². The summed E-state index contributed by atoms with van der Waals surface area (Å²) in [7, 11) is 0. The van der Waals surface area contributed by atoms with Crippen molar-refractivity contribution in [3.8, 4) is 5.75 Å². The summed E-state index contributed by atoms with van der Waals surface area (Å²) in [6, 6.07) is 4.66. The standard InChI is InChI=1S/C16H19NO5/c1-4-21-14(19)9-17-15(20)10-5-6-13-11(7-10)12(18)8-16(2,3)22-13/h5-7H,4,8-9H2,1-3H3,(H,17,20). The van der Waals surface area contributed by atoms with Gasteiger partial charge in [-0.25, -0.2) is 0 Å². The average Bonchev–Trinajstić information content (AvgIpc) is 2.43. The summed E-state index contributed by atoms with van der Waals surface area (Å²) in [5, 5.41) is 2.46. The Morgan fingerprint density at radius 2 is 2.09 bits per heavy atom. The molecule has 0 saturated heterocycles. The summed E-state index contributed by atoms with van der Waals surface area (Å²) in [4.78, 5) is 35.4. The van der Waals surface area contributed by atoms with Crippen LogP contribution in [0.2, 0.25) is 0 Å². The number of fused-ring (bicyclic) bond motifs is 1. The van der Waals surface area contributed by atoms with Crippen molar-refractivity contribution in [2.24, 2.45) is 0 Å². The van der Waals surface area contributed by atoms with E-state index in [1.165, 1.54) is 6.07 Å². The number of amides is 1. The number of Topliss-reactive ketones (excluding diaryl/α,β-unsaturated/α-hetero) is 1. The number of rotatable bonds is 4. The molecule has 0 fully saturated rings. The highest BCUT2D eigenvalue weighted by Crippen LogP contribution is 2.33. The summed E-state index contributed by atoms with van der Waals surface area (Å²) in [5.41, 5.74) is 0.153. The molecule has 0 unspecified atom stereocenters. The molecule has 0 aliphatic carbocycles. The third-order valence-corrected chi connectivity index (χ3v) is 3.21. The third-order valence-electron chi connectivity index (χ3n) is 3.21. The van der Waals surface area contributed by atoms with Crippen molar-refractivity contribution in [1.82, 2.24) is 5.32 Å². The monoisotopic (exact) mass is 305 g/mol. The molecule has 6 nitrogen and oxygen atoms in total. The minimum atomic E-state index is -0.544. The van der Waals surface area contributed by atoms with Gasteiger partial charge in [0.15, 0.2) is 5.78 Å². The number of hydrogen-bond donors (Lipinski definition) is 1. The van der Waals surface area contributed by atoms with Crippen LogP contribution >= 0.6 is 0 Å². The molecule has 6 heteroatoms. The van der Waals surface area contributed by atoms with E-state index < -0.39 is 17.5 Å². The van der Waals surface area contributed by atoms with E-state index in [-0.39, 0.29) is 25.4 Å². The van der Waals surface area contributed by atoms with Gasteiger partial charge in [-0.3, -0.25) is 14.4 Å². The smallest absolute Gasteiger partial charge is 0.325 e. The van der Waals surface area contributed by atoms with Gasteiger partial charge in [-0.2, -0.15) is 0 Å². The first kappa shape index (κ1) is 16.0. The SMILES string of the molecule is CCOC(=O)CNC(=O)c1ccc2c(c1)C(=O)CC(C)(C)O2. The zero-order valence-electron chi connectivity index (χ0n) is 12.9. The van der Waals surface area contributed by atoms with E-state index in [2.05, 4.69) is 5.32 Å². The Hall–Kier alpha value is -2.37. The van der Waals surface area contributed by atoms with Crippen molar-refractivity contribution >= 4 is 17.7 Å². The van der Waals surface area contributed by atoms with Crippen LogP contribution in [0.15, 0.2) is 18.2 Å². The number of carbonyl (C=O) groups is 3. The molecule has 0 radical (unpaired) electrons. The van der Waals surface area contributed by atoms with Gasteiger partial charge < -0.3 is 14.8 Å². The van der Waals surface area contributed by atoms with Crippen molar-refractivity contribution in [3.05, 3.63) is 29.3 Å². The summed E-state index contributed by atoms with van der Waals surface area (Å²) in [6.45, 7) is 5.42. The molecule has 0 spiro atoms. The van der Waals surface area contributed by atoms with Gasteiger partial charge >= 0.3 is 5.97 Å². The highest BCUT2D eigenvalue weighted by molar-refractivity contribution is 6.04. The van der Waals surface area contributed by atoms with Crippen LogP contribution in [-0.2, 0) is 9.53 Å². The Morgan fingerprint density at radius 1 is 1.36 bits per heavy atom. The number of ether oxygens (including phenoxy) is 2. The number of esters is 1. The maximum absolute atomic E-state index is 12.1. The molecule has 1 aliphatic heterocycles. The second kappa shape index (κ2) is 6.17. The normalized spacial score (nSPS) is 15.5. The third kappa shape index (κ3) is 3.63. The maximum atomic E-state index is 12.1. The largest absolute Gasteiger partial charge is 0.487 e. The summed E-state index contributed by atoms with van der Waals surface area (Å²) < 4.78 is 10.5. The molecule has 0 aromatic heterocycles. The molecular formula is C16H19NO5. The van der Waals surface area contributed by atoms with E-state index in [4.69, 9.17) is 9.47 Å². The van der Waals surface area contributed by atoms with E-state index in [9.17, 15) is 14.4 Å². The molecular weight excluding hydrogens is 286 g/mol. The van der Waals surface area contributed by atoms with Crippen molar-refractivity contribution in [3.63, 3.8) is 0 Å². The Balaban J connectivity index is 2.11. The van der Waals surface area contributed by atoms with E-state index in [1.54, 1.807) is 19.1 Å². The second-order valence-electron chi connectivity index (χ2n) is 5.66. The lowest BCUT2D eigenvalue weighted by Gasteiger charge is -2.31. The van der Waals surface area contributed by atoms with Crippen molar-refractivity contribution in [2.75, 3.05) is 13.2 Å². The van der Waals surface area contributed by atoms with Gasteiger partial charge in [0.1, 0.15) is 17.9 Å². The van der Waals surface area contributed by atoms with Crippen molar-refractivity contribution in [1.29, 1.82) is 0 Å². The van der Waals surface area contributed by atoms with Gasteiger partial charge in [-0.1, -0.05) is 0 Å². The zero-order chi connectivity index (χ0) is 16.3. The first-order valence-electron chi connectivity index (χ1n) is 7.12. The second-order valence-corrected chi connectivity index (χ2v) is 5.66. The summed E-state index contributed by atoms with van der Waals surface area (Å²) >= 11 is 0. The van der Waals surface area contributed by atoms with E-state index in [1.807, 2.05) is 13.8 Å². The molecule has 118 valence electrons. The lowest BCUT2D eigenvalue weighted by atomic mass is 9.92. The van der Waals surface area contributed by atoms with E-state index in [0.717, 1.165) is 0 Å². The van der Waals surface area contributed by atoms with E-state index in [0.29, 0.717) is 16.9 Å². The van der Waals surface area contributed by atoms with Crippen LogP contribution in [0.5, 0.6) is 5.75 Å². The van der Waals surface area contributed by atoms with Gasteiger partial charge in [0.05, 0.1) is 18.6 Å². The highest BCUT2D eigenvalue weighted by atomic mass is 16.5. The number of benzene rings is 1. The molecule has 0 bridgehead atoms. The molecule has 1 amide bonds. The Bertz CT molecular complexity index is 621. The van der Waals surface area contributed by atoms with Crippen molar-refractivity contribution < 1.29 is 23.9 Å². The molecule has 1 N–H and O–H groups in total.